The minimum absolute atomic E-state index is 0.0933. The summed E-state index contributed by atoms with van der Waals surface area (Å²) in [5, 5.41) is 11.5. The smallest absolute Gasteiger partial charge is 0.328 e. The van der Waals surface area contributed by atoms with Crippen LogP contribution in [-0.4, -0.2) is 23.0 Å². The van der Waals surface area contributed by atoms with Gasteiger partial charge in [-0.15, -0.1) is 0 Å². The van der Waals surface area contributed by atoms with Crippen LogP contribution in [0.4, 0.5) is 0 Å². The van der Waals surface area contributed by atoms with Crippen molar-refractivity contribution in [2.75, 3.05) is 0 Å². The topological polar surface area (TPSA) is 66.4 Å². The first-order valence-electron chi connectivity index (χ1n) is 7.86. The largest absolute Gasteiger partial charge is 0.478 e. The van der Waals surface area contributed by atoms with Crippen LogP contribution < -0.4 is 5.32 Å². The number of aliphatic carboxylic acids is 1. The van der Waals surface area contributed by atoms with Gasteiger partial charge in [0.05, 0.1) is 0 Å². The van der Waals surface area contributed by atoms with Crippen LogP contribution in [0, 0.1) is 0 Å². The number of rotatable bonds is 7. The minimum atomic E-state index is -1.14. The molecule has 4 heteroatoms. The van der Waals surface area contributed by atoms with Crippen molar-refractivity contribution in [3.8, 4) is 0 Å². The van der Waals surface area contributed by atoms with Gasteiger partial charge in [-0.1, -0.05) is 60.7 Å². The Kier molecular flexibility index (Phi) is 6.32. The summed E-state index contributed by atoms with van der Waals surface area (Å²) in [6, 6.07) is 20.0. The monoisotopic (exact) mass is 323 g/mol. The van der Waals surface area contributed by atoms with E-state index in [9.17, 15) is 9.59 Å². The van der Waals surface area contributed by atoms with Crippen molar-refractivity contribution < 1.29 is 14.7 Å². The SMILES string of the molecule is C[C@@H](NC(=O)/C=C/C(=O)O)[C@H](Cc1ccccc1)c1ccccc1. The average Bonchev–Trinajstić information content (AvgIpc) is 2.59. The van der Waals surface area contributed by atoms with E-state index in [0.717, 1.165) is 24.1 Å². The van der Waals surface area contributed by atoms with Crippen LogP contribution in [-0.2, 0) is 16.0 Å². The Balaban J connectivity index is 2.16. The third-order valence-electron chi connectivity index (χ3n) is 3.88. The van der Waals surface area contributed by atoms with Crippen molar-refractivity contribution in [1.29, 1.82) is 0 Å². The molecule has 4 nitrogen and oxygen atoms in total. The van der Waals surface area contributed by atoms with Gasteiger partial charge in [-0.2, -0.15) is 0 Å². The quantitative estimate of drug-likeness (QED) is 0.769. The molecule has 2 rings (SSSR count). The van der Waals surface area contributed by atoms with Crippen LogP contribution in [0.5, 0.6) is 0 Å². The van der Waals surface area contributed by atoms with E-state index in [1.54, 1.807) is 0 Å². The normalized spacial score (nSPS) is 13.4. The molecule has 0 fully saturated rings. The summed E-state index contributed by atoms with van der Waals surface area (Å²) in [6.45, 7) is 1.94. The highest BCUT2D eigenvalue weighted by Gasteiger charge is 2.20. The summed E-state index contributed by atoms with van der Waals surface area (Å²) in [7, 11) is 0. The molecule has 0 unspecified atom stereocenters. The van der Waals surface area contributed by atoms with Crippen LogP contribution in [0.1, 0.15) is 24.0 Å². The highest BCUT2D eigenvalue weighted by molar-refractivity contribution is 5.94. The molecule has 0 spiro atoms. The Bertz CT molecular complexity index is 695. The van der Waals surface area contributed by atoms with Crippen LogP contribution in [0.15, 0.2) is 72.8 Å². The Morgan fingerprint density at radius 1 is 1.00 bits per heavy atom. The van der Waals surface area contributed by atoms with Gasteiger partial charge in [0.25, 0.3) is 0 Å². The van der Waals surface area contributed by atoms with Gasteiger partial charge >= 0.3 is 5.97 Å². The Morgan fingerprint density at radius 3 is 2.17 bits per heavy atom. The van der Waals surface area contributed by atoms with Crippen LogP contribution >= 0.6 is 0 Å². The maximum atomic E-state index is 11.9. The molecule has 0 saturated heterocycles. The van der Waals surface area contributed by atoms with Crippen molar-refractivity contribution in [3.05, 3.63) is 83.9 Å². The maximum absolute atomic E-state index is 11.9. The van der Waals surface area contributed by atoms with E-state index >= 15 is 0 Å². The van der Waals surface area contributed by atoms with Crippen molar-refractivity contribution in [3.63, 3.8) is 0 Å². The second kappa shape index (κ2) is 8.67. The van der Waals surface area contributed by atoms with Gasteiger partial charge in [0.2, 0.25) is 5.91 Å². The van der Waals surface area contributed by atoms with E-state index in [0.29, 0.717) is 0 Å². The first-order chi connectivity index (χ1) is 11.6. The minimum Gasteiger partial charge on any atom is -0.478 e. The standard InChI is InChI=1S/C20H21NO3/c1-15(21-19(22)12-13-20(23)24)18(17-10-6-3-7-11-17)14-16-8-4-2-5-9-16/h2-13,15,18H,14H2,1H3,(H,21,22)(H,23,24)/b13-12+/t15-,18+/m1/s1. The highest BCUT2D eigenvalue weighted by atomic mass is 16.4. The maximum Gasteiger partial charge on any atom is 0.328 e. The Labute approximate surface area is 141 Å². The summed E-state index contributed by atoms with van der Waals surface area (Å²) in [5.74, 6) is -1.45. The van der Waals surface area contributed by atoms with Gasteiger partial charge in [0.15, 0.2) is 0 Å². The van der Waals surface area contributed by atoms with Gasteiger partial charge in [0.1, 0.15) is 0 Å². The second-order valence-electron chi connectivity index (χ2n) is 5.68. The van der Waals surface area contributed by atoms with Gasteiger partial charge in [-0.05, 0) is 24.5 Å². The highest BCUT2D eigenvalue weighted by Crippen LogP contribution is 2.24. The molecule has 2 atom stereocenters. The van der Waals surface area contributed by atoms with Crippen molar-refractivity contribution in [1.82, 2.24) is 5.32 Å². The lowest BCUT2D eigenvalue weighted by Crippen LogP contribution is -2.37. The fraction of sp³-hybridized carbons (Fsp3) is 0.200. The van der Waals surface area contributed by atoms with Crippen LogP contribution in [0.3, 0.4) is 0 Å². The summed E-state index contributed by atoms with van der Waals surface area (Å²) in [4.78, 5) is 22.4. The molecule has 2 aromatic carbocycles. The van der Waals surface area contributed by atoms with E-state index in [1.165, 1.54) is 5.56 Å². The lowest BCUT2D eigenvalue weighted by molar-refractivity contribution is -0.131. The van der Waals surface area contributed by atoms with Crippen molar-refractivity contribution in [2.45, 2.75) is 25.3 Å². The third-order valence-corrected chi connectivity index (χ3v) is 3.88. The van der Waals surface area contributed by atoms with E-state index in [1.807, 2.05) is 55.5 Å². The molecule has 1 amide bonds. The summed E-state index contributed by atoms with van der Waals surface area (Å²) < 4.78 is 0. The second-order valence-corrected chi connectivity index (χ2v) is 5.68. The van der Waals surface area contributed by atoms with Crippen molar-refractivity contribution in [2.24, 2.45) is 0 Å². The van der Waals surface area contributed by atoms with Gasteiger partial charge in [0, 0.05) is 24.1 Å². The van der Waals surface area contributed by atoms with Gasteiger partial charge < -0.3 is 10.4 Å². The summed E-state index contributed by atoms with van der Waals surface area (Å²) in [6.07, 6.45) is 2.68. The van der Waals surface area contributed by atoms with Crippen molar-refractivity contribution >= 4 is 11.9 Å². The van der Waals surface area contributed by atoms with E-state index in [-0.39, 0.29) is 12.0 Å². The summed E-state index contributed by atoms with van der Waals surface area (Å²) in [5.41, 5.74) is 2.32. The van der Waals surface area contributed by atoms with Crippen LogP contribution in [0.2, 0.25) is 0 Å². The molecule has 2 aromatic rings. The molecule has 124 valence electrons. The number of nitrogens with one attached hydrogen (secondary N) is 1. The fourth-order valence-corrected chi connectivity index (χ4v) is 2.67. The molecule has 0 aromatic heterocycles. The molecule has 0 aliphatic heterocycles. The number of carbonyl (C=O) groups is 2. The van der Waals surface area contributed by atoms with E-state index in [4.69, 9.17) is 5.11 Å². The molecule has 0 radical (unpaired) electrons. The number of carboxylic acid groups (broad SMARTS) is 1. The molecule has 24 heavy (non-hydrogen) atoms. The molecule has 0 saturated carbocycles. The van der Waals surface area contributed by atoms with Crippen LogP contribution in [0.25, 0.3) is 0 Å². The zero-order valence-corrected chi connectivity index (χ0v) is 13.6. The summed E-state index contributed by atoms with van der Waals surface area (Å²) >= 11 is 0. The molecule has 0 aliphatic carbocycles. The number of hydrogen-bond donors (Lipinski definition) is 2. The van der Waals surface area contributed by atoms with Gasteiger partial charge in [-0.25, -0.2) is 4.79 Å². The lowest BCUT2D eigenvalue weighted by Gasteiger charge is -2.25. The van der Waals surface area contributed by atoms with E-state index in [2.05, 4.69) is 17.4 Å². The zero-order chi connectivity index (χ0) is 17.4. The van der Waals surface area contributed by atoms with E-state index < -0.39 is 11.9 Å². The molecular weight excluding hydrogens is 302 g/mol. The number of benzene rings is 2. The first kappa shape index (κ1) is 17.5. The predicted molar refractivity (Wildman–Crippen MR) is 93.7 cm³/mol. The number of carbonyl (C=O) groups excluding carboxylic acids is 1. The predicted octanol–water partition coefficient (Wildman–Crippen LogP) is 3.16. The first-order valence-corrected chi connectivity index (χ1v) is 7.86. The molecule has 2 N–H and O–H groups in total. The Hall–Kier alpha value is -2.88. The third kappa shape index (κ3) is 5.39. The Morgan fingerprint density at radius 2 is 1.58 bits per heavy atom. The molecular formula is C20H21NO3. The van der Waals surface area contributed by atoms with Gasteiger partial charge in [-0.3, -0.25) is 4.79 Å². The zero-order valence-electron chi connectivity index (χ0n) is 13.6. The fourth-order valence-electron chi connectivity index (χ4n) is 2.67. The number of hydrogen-bond acceptors (Lipinski definition) is 2. The number of carboxylic acids is 1. The number of amides is 1. The average molecular weight is 323 g/mol. The molecule has 0 aliphatic rings. The lowest BCUT2D eigenvalue weighted by atomic mass is 9.86. The molecule has 0 bridgehead atoms. The molecule has 0 heterocycles.